The molecule has 3 aromatic rings. The molecule has 3 heterocycles. The number of amides is 1. The van der Waals surface area contributed by atoms with Crippen LogP contribution in [-0.2, 0) is 32.6 Å². The third-order valence-electron chi connectivity index (χ3n) is 7.22. The van der Waals surface area contributed by atoms with E-state index in [9.17, 15) is 17.6 Å². The molecular formula is C28H32FN5O5S. The van der Waals surface area contributed by atoms with Crippen LogP contribution in [0.3, 0.4) is 0 Å². The van der Waals surface area contributed by atoms with E-state index in [4.69, 9.17) is 14.5 Å². The molecule has 2 aliphatic heterocycles. The lowest BCUT2D eigenvalue weighted by Crippen LogP contribution is -2.44. The molecule has 212 valence electrons. The van der Waals surface area contributed by atoms with Crippen molar-refractivity contribution in [1.82, 2.24) is 19.6 Å². The molecule has 1 unspecified atom stereocenters. The second-order valence-electron chi connectivity index (χ2n) is 10.0. The molecule has 2 aromatic carbocycles. The third kappa shape index (κ3) is 5.79. The van der Waals surface area contributed by atoms with Gasteiger partial charge in [-0.2, -0.15) is 4.31 Å². The van der Waals surface area contributed by atoms with E-state index < -0.39 is 27.8 Å². The van der Waals surface area contributed by atoms with E-state index >= 15 is 0 Å². The summed E-state index contributed by atoms with van der Waals surface area (Å²) in [4.78, 5) is 22.2. The average Bonchev–Trinajstić information content (AvgIpc) is 3.22. The van der Waals surface area contributed by atoms with Gasteiger partial charge in [-0.05, 0) is 61.6 Å². The van der Waals surface area contributed by atoms with Gasteiger partial charge in [0.2, 0.25) is 21.9 Å². The number of anilines is 1. The number of halogens is 1. The minimum Gasteiger partial charge on any atom is -0.497 e. The second kappa shape index (κ2) is 11.5. The predicted octanol–water partition coefficient (Wildman–Crippen LogP) is 3.40. The normalized spacial score (nSPS) is 17.7. The van der Waals surface area contributed by atoms with Crippen LogP contribution in [0.25, 0.3) is 11.3 Å². The number of methoxy groups -OCH3 is 1. The van der Waals surface area contributed by atoms with Gasteiger partial charge >= 0.3 is 0 Å². The van der Waals surface area contributed by atoms with Crippen molar-refractivity contribution in [2.75, 3.05) is 25.6 Å². The second-order valence-corrected chi connectivity index (χ2v) is 11.9. The number of ether oxygens (including phenoxy) is 2. The fourth-order valence-corrected chi connectivity index (χ4v) is 6.75. The Labute approximate surface area is 233 Å². The Morgan fingerprint density at radius 2 is 2.00 bits per heavy atom. The van der Waals surface area contributed by atoms with E-state index in [1.807, 2.05) is 13.0 Å². The first-order valence-corrected chi connectivity index (χ1v) is 14.5. The van der Waals surface area contributed by atoms with Crippen molar-refractivity contribution >= 4 is 21.9 Å². The standard InChI is InChI=1S/C28H32FN5O5S/c1-17-14-31-28(32-23-6-8-39-9-7-23)33-26(17)20-4-5-21-16-34(40(36,37)25(21)12-20)18(2)27(35)30-15-19-10-22(29)13-24(11-19)38-3/h4-5,10-14,18,23H,6-9,15-16H2,1-3H3,(H,30,35)(H,31,32,33). The van der Waals surface area contributed by atoms with E-state index in [1.54, 1.807) is 24.4 Å². The van der Waals surface area contributed by atoms with Gasteiger partial charge in [-0.3, -0.25) is 4.79 Å². The number of rotatable bonds is 8. The highest BCUT2D eigenvalue weighted by molar-refractivity contribution is 7.89. The SMILES string of the molecule is COc1cc(F)cc(CNC(=O)C(C)N2Cc3ccc(-c4nc(NC5CCOCC5)ncc4C)cc3S2(=O)=O)c1. The Morgan fingerprint density at radius 1 is 1.23 bits per heavy atom. The monoisotopic (exact) mass is 569 g/mol. The van der Waals surface area contributed by atoms with Gasteiger partial charge in [0.15, 0.2) is 0 Å². The van der Waals surface area contributed by atoms with E-state index in [2.05, 4.69) is 15.6 Å². The number of benzene rings is 2. The summed E-state index contributed by atoms with van der Waals surface area (Å²) in [7, 11) is -2.52. The first-order chi connectivity index (χ1) is 19.2. The quantitative estimate of drug-likeness (QED) is 0.423. The highest BCUT2D eigenvalue weighted by Crippen LogP contribution is 2.35. The van der Waals surface area contributed by atoms with E-state index in [0.717, 1.165) is 18.4 Å². The predicted molar refractivity (Wildman–Crippen MR) is 147 cm³/mol. The van der Waals surface area contributed by atoms with Gasteiger partial charge in [-0.25, -0.2) is 22.8 Å². The fourth-order valence-electron chi connectivity index (χ4n) is 4.93. The van der Waals surface area contributed by atoms with Crippen LogP contribution in [0.15, 0.2) is 47.5 Å². The number of nitrogens with zero attached hydrogens (tertiary/aromatic N) is 3. The molecule has 0 spiro atoms. The lowest BCUT2D eigenvalue weighted by Gasteiger charge is -2.23. The summed E-state index contributed by atoms with van der Waals surface area (Å²) in [5.74, 6) is -0.166. The van der Waals surface area contributed by atoms with Crippen molar-refractivity contribution in [3.8, 4) is 17.0 Å². The first-order valence-electron chi connectivity index (χ1n) is 13.1. The molecule has 0 radical (unpaired) electrons. The van der Waals surface area contributed by atoms with Gasteiger partial charge in [0.25, 0.3) is 0 Å². The number of aromatic nitrogens is 2. The van der Waals surface area contributed by atoms with Crippen LogP contribution in [0.1, 0.15) is 36.5 Å². The summed E-state index contributed by atoms with van der Waals surface area (Å²) in [6, 6.07) is 8.59. The summed E-state index contributed by atoms with van der Waals surface area (Å²) >= 11 is 0. The van der Waals surface area contributed by atoms with Crippen LogP contribution >= 0.6 is 0 Å². The molecule has 12 heteroatoms. The number of hydrogen-bond acceptors (Lipinski definition) is 8. The molecule has 0 aliphatic carbocycles. The molecule has 40 heavy (non-hydrogen) atoms. The zero-order valence-electron chi connectivity index (χ0n) is 22.6. The van der Waals surface area contributed by atoms with Crippen molar-refractivity contribution < 1.29 is 27.1 Å². The molecular weight excluding hydrogens is 537 g/mol. The summed E-state index contributed by atoms with van der Waals surface area (Å²) in [6.45, 7) is 4.88. The topological polar surface area (TPSA) is 123 Å². The largest absolute Gasteiger partial charge is 0.497 e. The van der Waals surface area contributed by atoms with Crippen LogP contribution in [-0.4, -0.2) is 61.0 Å². The number of carbonyl (C=O) groups excluding carboxylic acids is 1. The van der Waals surface area contributed by atoms with Crippen LogP contribution in [0.2, 0.25) is 0 Å². The molecule has 1 fully saturated rings. The van der Waals surface area contributed by atoms with Crippen molar-refractivity contribution in [2.24, 2.45) is 0 Å². The maximum absolute atomic E-state index is 13.8. The molecule has 1 amide bonds. The maximum atomic E-state index is 13.8. The van der Waals surface area contributed by atoms with E-state index in [1.165, 1.54) is 30.5 Å². The highest BCUT2D eigenvalue weighted by atomic mass is 32.2. The summed E-state index contributed by atoms with van der Waals surface area (Å²) < 4.78 is 52.6. The minimum atomic E-state index is -3.95. The van der Waals surface area contributed by atoms with Gasteiger partial charge in [0, 0.05) is 50.2 Å². The Bertz CT molecular complexity index is 1530. The summed E-state index contributed by atoms with van der Waals surface area (Å²) in [5, 5.41) is 6.06. The number of sulfonamides is 1. The number of nitrogens with one attached hydrogen (secondary N) is 2. The third-order valence-corrected chi connectivity index (χ3v) is 9.22. The number of fused-ring (bicyclic) bond motifs is 1. The van der Waals surface area contributed by atoms with Crippen molar-refractivity contribution in [1.29, 1.82) is 0 Å². The summed E-state index contributed by atoms with van der Waals surface area (Å²) in [6.07, 6.45) is 3.45. The summed E-state index contributed by atoms with van der Waals surface area (Å²) in [5.41, 5.74) is 3.20. The van der Waals surface area contributed by atoms with E-state index in [-0.39, 0.29) is 24.0 Å². The molecule has 0 saturated carbocycles. The molecule has 1 saturated heterocycles. The van der Waals surface area contributed by atoms with Crippen molar-refractivity contribution in [3.63, 3.8) is 0 Å². The van der Waals surface area contributed by atoms with Crippen molar-refractivity contribution in [3.05, 3.63) is 65.1 Å². The smallest absolute Gasteiger partial charge is 0.244 e. The van der Waals surface area contributed by atoms with Gasteiger partial charge in [0.1, 0.15) is 17.6 Å². The molecule has 0 bridgehead atoms. The van der Waals surface area contributed by atoms with E-state index in [0.29, 0.717) is 47.3 Å². The Kier molecular flexibility index (Phi) is 8.02. The number of aryl methyl sites for hydroxylation is 1. The minimum absolute atomic E-state index is 0.0273. The average molecular weight is 570 g/mol. The molecule has 10 nitrogen and oxygen atoms in total. The Balaban J connectivity index is 1.32. The molecule has 5 rings (SSSR count). The van der Waals surface area contributed by atoms with Gasteiger partial charge in [-0.15, -0.1) is 0 Å². The molecule has 2 N–H and O–H groups in total. The maximum Gasteiger partial charge on any atom is 0.244 e. The lowest BCUT2D eigenvalue weighted by atomic mass is 10.1. The van der Waals surface area contributed by atoms with Gasteiger partial charge in [-0.1, -0.05) is 12.1 Å². The number of hydrogen-bond donors (Lipinski definition) is 2. The van der Waals surface area contributed by atoms with Crippen LogP contribution in [0, 0.1) is 12.7 Å². The zero-order chi connectivity index (χ0) is 28.4. The molecule has 1 aromatic heterocycles. The van der Waals surface area contributed by atoms with Crippen molar-refractivity contribution in [2.45, 2.75) is 56.8 Å². The Hall–Kier alpha value is -3.61. The van der Waals surface area contributed by atoms with Crippen LogP contribution < -0.4 is 15.4 Å². The molecule has 2 aliphatic rings. The first kappa shape index (κ1) is 27.9. The fraction of sp³-hybridized carbons (Fsp3) is 0.393. The van der Waals surface area contributed by atoms with Gasteiger partial charge in [0.05, 0.1) is 17.7 Å². The van der Waals surface area contributed by atoms with Gasteiger partial charge < -0.3 is 20.1 Å². The highest BCUT2D eigenvalue weighted by Gasteiger charge is 2.40. The lowest BCUT2D eigenvalue weighted by molar-refractivity contribution is -0.124. The van der Waals surface area contributed by atoms with Crippen LogP contribution in [0.5, 0.6) is 5.75 Å². The van der Waals surface area contributed by atoms with Crippen LogP contribution in [0.4, 0.5) is 10.3 Å². The zero-order valence-corrected chi connectivity index (χ0v) is 23.4. The number of carbonyl (C=O) groups is 1. The molecule has 1 atom stereocenters. The Morgan fingerprint density at radius 3 is 2.75 bits per heavy atom.